The first-order chi connectivity index (χ1) is 10.0. The summed E-state index contributed by atoms with van der Waals surface area (Å²) >= 11 is 0. The first-order valence-electron chi connectivity index (χ1n) is 5.95. The normalized spacial score (nSPS) is 9.90. The number of nitrogens with zero attached hydrogens (tertiary/aromatic N) is 1. The van der Waals surface area contributed by atoms with Gasteiger partial charge in [0.2, 0.25) is 0 Å². The van der Waals surface area contributed by atoms with Gasteiger partial charge >= 0.3 is 5.97 Å². The lowest BCUT2D eigenvalue weighted by Gasteiger charge is -2.10. The number of hydrogen-bond acceptors (Lipinski definition) is 4. The second-order valence-corrected chi connectivity index (χ2v) is 4.26. The van der Waals surface area contributed by atoms with E-state index in [0.29, 0.717) is 11.3 Å². The lowest BCUT2D eigenvalue weighted by Crippen LogP contribution is -2.05. The van der Waals surface area contributed by atoms with E-state index in [4.69, 9.17) is 20.8 Å². The second kappa shape index (κ2) is 5.92. The van der Waals surface area contributed by atoms with Crippen molar-refractivity contribution in [2.24, 2.45) is 0 Å². The molecule has 0 fully saturated rings. The molecule has 6 heteroatoms. The predicted molar refractivity (Wildman–Crippen MR) is 73.3 cm³/mol. The fourth-order valence-corrected chi connectivity index (χ4v) is 1.79. The van der Waals surface area contributed by atoms with Gasteiger partial charge in [-0.05, 0) is 36.4 Å². The molecule has 106 valence electrons. The highest BCUT2D eigenvalue weighted by Gasteiger charge is 2.13. The SMILES string of the molecule is N#Cc1ccc(F)cc1COc1ccc(N)cc1C(=O)O. The fraction of sp³-hybridized carbons (Fsp3) is 0.0667. The van der Waals surface area contributed by atoms with Crippen molar-refractivity contribution in [1.29, 1.82) is 5.26 Å². The third-order valence-corrected chi connectivity index (χ3v) is 2.80. The first-order valence-corrected chi connectivity index (χ1v) is 5.95. The number of nitrogens with two attached hydrogens (primary N) is 1. The number of benzene rings is 2. The molecule has 0 aromatic heterocycles. The van der Waals surface area contributed by atoms with Crippen LogP contribution in [-0.2, 0) is 6.61 Å². The number of nitrogen functional groups attached to an aromatic ring is 1. The van der Waals surface area contributed by atoms with Crippen molar-refractivity contribution < 1.29 is 19.0 Å². The molecule has 0 atom stereocenters. The Morgan fingerprint density at radius 3 is 2.76 bits per heavy atom. The zero-order chi connectivity index (χ0) is 15.4. The molecule has 21 heavy (non-hydrogen) atoms. The van der Waals surface area contributed by atoms with E-state index in [9.17, 15) is 9.18 Å². The number of carboxylic acids is 1. The van der Waals surface area contributed by atoms with Crippen molar-refractivity contribution in [3.8, 4) is 11.8 Å². The number of anilines is 1. The van der Waals surface area contributed by atoms with E-state index in [-0.39, 0.29) is 23.5 Å². The summed E-state index contributed by atoms with van der Waals surface area (Å²) in [6, 6.07) is 9.81. The summed E-state index contributed by atoms with van der Waals surface area (Å²) in [6.07, 6.45) is 0. The lowest BCUT2D eigenvalue weighted by molar-refractivity contribution is 0.0692. The largest absolute Gasteiger partial charge is 0.488 e. The molecule has 2 aromatic carbocycles. The Kier molecular flexibility index (Phi) is 4.05. The maximum absolute atomic E-state index is 13.2. The molecule has 0 saturated heterocycles. The standard InChI is InChI=1S/C15H11FN2O3/c16-11-2-1-9(7-17)10(5-11)8-21-14-4-3-12(18)6-13(14)15(19)20/h1-6H,8,18H2,(H,19,20). The van der Waals surface area contributed by atoms with Crippen LogP contribution in [0.5, 0.6) is 5.75 Å². The van der Waals surface area contributed by atoms with E-state index in [2.05, 4.69) is 0 Å². The summed E-state index contributed by atoms with van der Waals surface area (Å²) in [6.45, 7) is -0.120. The molecule has 0 heterocycles. The molecule has 0 aliphatic carbocycles. The van der Waals surface area contributed by atoms with Crippen LogP contribution in [0.1, 0.15) is 21.5 Å². The lowest BCUT2D eigenvalue weighted by atomic mass is 10.1. The van der Waals surface area contributed by atoms with E-state index in [1.807, 2.05) is 6.07 Å². The maximum Gasteiger partial charge on any atom is 0.339 e. The van der Waals surface area contributed by atoms with Gasteiger partial charge in [0.1, 0.15) is 23.7 Å². The summed E-state index contributed by atoms with van der Waals surface area (Å²) in [5.74, 6) is -1.58. The van der Waals surface area contributed by atoms with Crippen LogP contribution in [0.4, 0.5) is 10.1 Å². The summed E-state index contributed by atoms with van der Waals surface area (Å²) in [5.41, 5.74) is 6.33. The molecule has 0 amide bonds. The van der Waals surface area contributed by atoms with Gasteiger partial charge in [0.05, 0.1) is 11.6 Å². The van der Waals surface area contributed by atoms with Gasteiger partial charge in [0, 0.05) is 11.3 Å². The Labute approximate surface area is 120 Å². The highest BCUT2D eigenvalue weighted by Crippen LogP contribution is 2.23. The monoisotopic (exact) mass is 286 g/mol. The molecule has 0 unspecified atom stereocenters. The molecule has 0 aliphatic rings. The number of rotatable bonds is 4. The molecule has 3 N–H and O–H groups in total. The summed E-state index contributed by atoms with van der Waals surface area (Å²) in [7, 11) is 0. The van der Waals surface area contributed by atoms with Gasteiger partial charge < -0.3 is 15.6 Å². The van der Waals surface area contributed by atoms with E-state index in [1.165, 1.54) is 36.4 Å². The molecule has 0 spiro atoms. The Balaban J connectivity index is 2.27. The second-order valence-electron chi connectivity index (χ2n) is 4.26. The molecule has 0 radical (unpaired) electrons. The minimum absolute atomic E-state index is 0.0927. The molecule has 0 bridgehead atoms. The van der Waals surface area contributed by atoms with Crippen molar-refractivity contribution in [3.05, 3.63) is 58.9 Å². The van der Waals surface area contributed by atoms with E-state index < -0.39 is 11.8 Å². The van der Waals surface area contributed by atoms with Crippen LogP contribution in [0.2, 0.25) is 0 Å². The van der Waals surface area contributed by atoms with E-state index in [0.717, 1.165) is 0 Å². The smallest absolute Gasteiger partial charge is 0.339 e. The Morgan fingerprint density at radius 2 is 2.10 bits per heavy atom. The summed E-state index contributed by atoms with van der Waals surface area (Å²) in [4.78, 5) is 11.1. The van der Waals surface area contributed by atoms with Gasteiger partial charge in [-0.15, -0.1) is 0 Å². The highest BCUT2D eigenvalue weighted by molar-refractivity contribution is 5.92. The average molecular weight is 286 g/mol. The third kappa shape index (κ3) is 3.28. The average Bonchev–Trinajstić information content (AvgIpc) is 2.46. The van der Waals surface area contributed by atoms with E-state index in [1.54, 1.807) is 0 Å². The summed E-state index contributed by atoms with van der Waals surface area (Å²) in [5, 5.41) is 18.0. The maximum atomic E-state index is 13.2. The van der Waals surface area contributed by atoms with Crippen molar-refractivity contribution in [2.75, 3.05) is 5.73 Å². The van der Waals surface area contributed by atoms with Crippen LogP contribution in [0.3, 0.4) is 0 Å². The van der Waals surface area contributed by atoms with Gasteiger partial charge in [0.15, 0.2) is 0 Å². The summed E-state index contributed by atoms with van der Waals surface area (Å²) < 4.78 is 18.6. The Bertz CT molecular complexity index is 738. The van der Waals surface area contributed by atoms with Gasteiger partial charge in [-0.25, -0.2) is 9.18 Å². The number of aromatic carboxylic acids is 1. The van der Waals surface area contributed by atoms with Gasteiger partial charge in [0.25, 0.3) is 0 Å². The van der Waals surface area contributed by atoms with Crippen LogP contribution < -0.4 is 10.5 Å². The number of hydrogen-bond donors (Lipinski definition) is 2. The molecular formula is C15H11FN2O3. The zero-order valence-corrected chi connectivity index (χ0v) is 10.8. The number of ether oxygens (including phenoxy) is 1. The molecule has 0 saturated carbocycles. The van der Waals surface area contributed by atoms with Crippen molar-refractivity contribution in [1.82, 2.24) is 0 Å². The number of halogens is 1. The molecule has 2 aromatic rings. The zero-order valence-electron chi connectivity index (χ0n) is 10.8. The predicted octanol–water partition coefficient (Wildman–Crippen LogP) is 2.56. The van der Waals surface area contributed by atoms with Crippen LogP contribution >= 0.6 is 0 Å². The van der Waals surface area contributed by atoms with Gasteiger partial charge in [-0.1, -0.05) is 0 Å². The van der Waals surface area contributed by atoms with Crippen molar-refractivity contribution in [3.63, 3.8) is 0 Å². The van der Waals surface area contributed by atoms with E-state index >= 15 is 0 Å². The van der Waals surface area contributed by atoms with Gasteiger partial charge in [-0.2, -0.15) is 5.26 Å². The minimum Gasteiger partial charge on any atom is -0.488 e. The third-order valence-electron chi connectivity index (χ3n) is 2.80. The molecule has 2 rings (SSSR count). The van der Waals surface area contributed by atoms with Crippen LogP contribution in [0, 0.1) is 17.1 Å². The number of carboxylic acid groups (broad SMARTS) is 1. The molecule has 0 aliphatic heterocycles. The topological polar surface area (TPSA) is 96.3 Å². The Morgan fingerprint density at radius 1 is 1.33 bits per heavy atom. The number of carbonyl (C=O) groups is 1. The van der Waals surface area contributed by atoms with Gasteiger partial charge in [-0.3, -0.25) is 0 Å². The van der Waals surface area contributed by atoms with Crippen molar-refractivity contribution >= 4 is 11.7 Å². The van der Waals surface area contributed by atoms with Crippen LogP contribution in [0.25, 0.3) is 0 Å². The quantitative estimate of drug-likeness (QED) is 0.842. The van der Waals surface area contributed by atoms with Crippen molar-refractivity contribution in [2.45, 2.75) is 6.61 Å². The molecule has 5 nitrogen and oxygen atoms in total. The van der Waals surface area contributed by atoms with Crippen LogP contribution in [0.15, 0.2) is 36.4 Å². The van der Waals surface area contributed by atoms with Crippen LogP contribution in [-0.4, -0.2) is 11.1 Å². The highest BCUT2D eigenvalue weighted by atomic mass is 19.1. The fourth-order valence-electron chi connectivity index (χ4n) is 1.79. The first kappa shape index (κ1) is 14.3. The minimum atomic E-state index is -1.18. The number of nitriles is 1. The Hall–Kier alpha value is -3.07. The molecular weight excluding hydrogens is 275 g/mol.